The van der Waals surface area contributed by atoms with Gasteiger partial charge in [-0.25, -0.2) is 4.39 Å². The highest BCUT2D eigenvalue weighted by atomic mass is 19.1. The molecule has 0 heterocycles. The van der Waals surface area contributed by atoms with Crippen molar-refractivity contribution in [2.24, 2.45) is 0 Å². The molecule has 0 fully saturated rings. The molecule has 0 aliphatic heterocycles. The third kappa shape index (κ3) is 2.42. The van der Waals surface area contributed by atoms with Gasteiger partial charge in [0.2, 0.25) is 0 Å². The van der Waals surface area contributed by atoms with E-state index in [-0.39, 0.29) is 11.5 Å². The van der Waals surface area contributed by atoms with Crippen molar-refractivity contribution in [3.63, 3.8) is 0 Å². The standard InChI is InChI=1S/C18H15FO2/c1-2-11-7-13(12-3-6-18(21)17(19)10-12)8-14-9-15(20)4-5-16(11)14/h3-10,20-21H,2H2,1H3. The Bertz CT molecular complexity index is 825. The summed E-state index contributed by atoms with van der Waals surface area (Å²) in [4.78, 5) is 0. The van der Waals surface area contributed by atoms with Crippen LogP contribution in [0.3, 0.4) is 0 Å². The molecule has 0 radical (unpaired) electrons. The van der Waals surface area contributed by atoms with Gasteiger partial charge in [0.25, 0.3) is 0 Å². The Morgan fingerprint density at radius 3 is 2.43 bits per heavy atom. The molecule has 2 N–H and O–H groups in total. The van der Waals surface area contributed by atoms with E-state index in [2.05, 4.69) is 6.92 Å². The van der Waals surface area contributed by atoms with Crippen LogP contribution < -0.4 is 0 Å². The highest BCUT2D eigenvalue weighted by molar-refractivity contribution is 5.91. The number of benzene rings is 3. The fourth-order valence-corrected chi connectivity index (χ4v) is 2.58. The molecule has 106 valence electrons. The molecule has 0 aliphatic carbocycles. The molecule has 0 aromatic heterocycles. The highest BCUT2D eigenvalue weighted by Gasteiger charge is 2.08. The molecule has 0 saturated carbocycles. The molecule has 3 aromatic rings. The Morgan fingerprint density at radius 2 is 1.71 bits per heavy atom. The molecule has 0 saturated heterocycles. The molecule has 0 unspecified atom stereocenters. The Hall–Kier alpha value is -2.55. The van der Waals surface area contributed by atoms with Crippen LogP contribution in [-0.4, -0.2) is 10.2 Å². The second-order valence-corrected chi connectivity index (χ2v) is 5.06. The van der Waals surface area contributed by atoms with Crippen molar-refractivity contribution in [1.29, 1.82) is 0 Å². The zero-order chi connectivity index (χ0) is 15.0. The number of phenols is 2. The van der Waals surface area contributed by atoms with Crippen LogP contribution in [0.5, 0.6) is 11.5 Å². The normalized spacial score (nSPS) is 11.0. The van der Waals surface area contributed by atoms with Crippen molar-refractivity contribution in [2.45, 2.75) is 13.3 Å². The first-order chi connectivity index (χ1) is 10.1. The molecule has 0 atom stereocenters. The lowest BCUT2D eigenvalue weighted by Gasteiger charge is -2.10. The first-order valence-corrected chi connectivity index (χ1v) is 6.83. The van der Waals surface area contributed by atoms with E-state index < -0.39 is 5.82 Å². The summed E-state index contributed by atoms with van der Waals surface area (Å²) in [5.74, 6) is -0.784. The SMILES string of the molecule is CCc1cc(-c2ccc(O)c(F)c2)cc2cc(O)ccc12. The lowest BCUT2D eigenvalue weighted by Crippen LogP contribution is -1.88. The van der Waals surface area contributed by atoms with E-state index in [0.717, 1.165) is 28.3 Å². The van der Waals surface area contributed by atoms with Crippen LogP contribution in [0.1, 0.15) is 12.5 Å². The molecule has 3 heteroatoms. The van der Waals surface area contributed by atoms with Crippen LogP contribution in [-0.2, 0) is 6.42 Å². The van der Waals surface area contributed by atoms with Gasteiger partial charge in [-0.3, -0.25) is 0 Å². The highest BCUT2D eigenvalue weighted by Crippen LogP contribution is 2.31. The largest absolute Gasteiger partial charge is 0.508 e. The second kappa shape index (κ2) is 5.09. The third-order valence-electron chi connectivity index (χ3n) is 3.68. The smallest absolute Gasteiger partial charge is 0.165 e. The van der Waals surface area contributed by atoms with Gasteiger partial charge in [-0.15, -0.1) is 0 Å². The average Bonchev–Trinajstić information content (AvgIpc) is 2.48. The van der Waals surface area contributed by atoms with Crippen molar-refractivity contribution in [3.05, 3.63) is 59.9 Å². The first-order valence-electron chi connectivity index (χ1n) is 6.83. The Kier molecular flexibility index (Phi) is 3.26. The summed E-state index contributed by atoms with van der Waals surface area (Å²) < 4.78 is 13.5. The van der Waals surface area contributed by atoms with Crippen molar-refractivity contribution < 1.29 is 14.6 Å². The lowest BCUT2D eigenvalue weighted by atomic mass is 9.95. The van der Waals surface area contributed by atoms with Crippen molar-refractivity contribution in [2.75, 3.05) is 0 Å². The van der Waals surface area contributed by atoms with Crippen molar-refractivity contribution in [1.82, 2.24) is 0 Å². The number of hydrogen-bond acceptors (Lipinski definition) is 2. The van der Waals surface area contributed by atoms with E-state index in [1.807, 2.05) is 18.2 Å². The number of aryl methyl sites for hydroxylation is 1. The summed E-state index contributed by atoms with van der Waals surface area (Å²) in [5.41, 5.74) is 2.70. The number of aromatic hydroxyl groups is 2. The van der Waals surface area contributed by atoms with E-state index in [0.29, 0.717) is 5.56 Å². The maximum atomic E-state index is 13.5. The van der Waals surface area contributed by atoms with Crippen LogP contribution in [0.25, 0.3) is 21.9 Å². The molecular formula is C18H15FO2. The van der Waals surface area contributed by atoms with Crippen LogP contribution in [0, 0.1) is 5.82 Å². The summed E-state index contributed by atoms with van der Waals surface area (Å²) in [6.07, 6.45) is 0.843. The van der Waals surface area contributed by atoms with Gasteiger partial charge in [0.05, 0.1) is 0 Å². The van der Waals surface area contributed by atoms with Gasteiger partial charge in [0, 0.05) is 0 Å². The van der Waals surface area contributed by atoms with E-state index in [9.17, 15) is 14.6 Å². The molecule has 3 rings (SSSR count). The number of fused-ring (bicyclic) bond motifs is 1. The van der Waals surface area contributed by atoms with Gasteiger partial charge < -0.3 is 10.2 Å². The maximum absolute atomic E-state index is 13.5. The van der Waals surface area contributed by atoms with Gasteiger partial charge in [-0.1, -0.05) is 25.1 Å². The van der Waals surface area contributed by atoms with Crippen LogP contribution in [0.2, 0.25) is 0 Å². The van der Waals surface area contributed by atoms with E-state index in [4.69, 9.17) is 0 Å². The van der Waals surface area contributed by atoms with E-state index in [1.165, 1.54) is 12.1 Å². The second-order valence-electron chi connectivity index (χ2n) is 5.06. The van der Waals surface area contributed by atoms with Gasteiger partial charge in [-0.2, -0.15) is 0 Å². The third-order valence-corrected chi connectivity index (χ3v) is 3.68. The molecule has 3 aromatic carbocycles. The van der Waals surface area contributed by atoms with Gasteiger partial charge in [-0.05, 0) is 64.2 Å². The fraction of sp³-hybridized carbons (Fsp3) is 0.111. The van der Waals surface area contributed by atoms with Crippen LogP contribution in [0.15, 0.2) is 48.5 Å². The average molecular weight is 282 g/mol. The number of halogens is 1. The van der Waals surface area contributed by atoms with Gasteiger partial charge >= 0.3 is 0 Å². The Labute approximate surface area is 122 Å². The molecule has 0 spiro atoms. The zero-order valence-electron chi connectivity index (χ0n) is 11.6. The number of hydrogen-bond donors (Lipinski definition) is 2. The molecule has 0 amide bonds. The summed E-state index contributed by atoms with van der Waals surface area (Å²) in [7, 11) is 0. The number of phenolic OH excluding ortho intramolecular Hbond substituents is 2. The van der Waals surface area contributed by atoms with Crippen molar-refractivity contribution >= 4 is 10.8 Å². The minimum Gasteiger partial charge on any atom is -0.508 e. The summed E-state index contributed by atoms with van der Waals surface area (Å²) in [6, 6.07) is 13.6. The lowest BCUT2D eigenvalue weighted by molar-refractivity contribution is 0.432. The maximum Gasteiger partial charge on any atom is 0.165 e. The molecule has 0 bridgehead atoms. The topological polar surface area (TPSA) is 40.5 Å². The molecule has 21 heavy (non-hydrogen) atoms. The summed E-state index contributed by atoms with van der Waals surface area (Å²) >= 11 is 0. The molecule has 0 aliphatic rings. The fourth-order valence-electron chi connectivity index (χ4n) is 2.58. The molecule has 2 nitrogen and oxygen atoms in total. The first kappa shape index (κ1) is 13.4. The predicted molar refractivity (Wildman–Crippen MR) is 82.0 cm³/mol. The van der Waals surface area contributed by atoms with Crippen LogP contribution in [0.4, 0.5) is 4.39 Å². The Balaban J connectivity index is 2.24. The summed E-state index contributed by atoms with van der Waals surface area (Å²) in [5, 5.41) is 20.9. The summed E-state index contributed by atoms with van der Waals surface area (Å²) in [6.45, 7) is 2.06. The monoisotopic (exact) mass is 282 g/mol. The Morgan fingerprint density at radius 1 is 0.905 bits per heavy atom. The van der Waals surface area contributed by atoms with E-state index >= 15 is 0 Å². The minimum atomic E-state index is -0.637. The number of rotatable bonds is 2. The quantitative estimate of drug-likeness (QED) is 0.720. The minimum absolute atomic E-state index is 0.207. The van der Waals surface area contributed by atoms with Gasteiger partial charge in [0.15, 0.2) is 11.6 Å². The zero-order valence-corrected chi connectivity index (χ0v) is 11.6. The van der Waals surface area contributed by atoms with Crippen molar-refractivity contribution in [3.8, 4) is 22.6 Å². The van der Waals surface area contributed by atoms with Gasteiger partial charge in [0.1, 0.15) is 5.75 Å². The molecular weight excluding hydrogens is 267 g/mol. The predicted octanol–water partition coefficient (Wildman–Crippen LogP) is 4.62. The van der Waals surface area contributed by atoms with E-state index in [1.54, 1.807) is 18.2 Å². The van der Waals surface area contributed by atoms with Crippen LogP contribution >= 0.6 is 0 Å².